The summed E-state index contributed by atoms with van der Waals surface area (Å²) in [5.74, 6) is -0.736. The lowest BCUT2D eigenvalue weighted by molar-refractivity contribution is -0.127. The van der Waals surface area contributed by atoms with Crippen LogP contribution < -0.4 is 10.2 Å². The summed E-state index contributed by atoms with van der Waals surface area (Å²) in [6, 6.07) is -0.0752. The zero-order valence-corrected chi connectivity index (χ0v) is 17.2. The Balaban J connectivity index is 1.75. The van der Waals surface area contributed by atoms with E-state index in [9.17, 15) is 9.59 Å². The number of fused-ring (bicyclic) bond motifs is 1. The third-order valence-electron chi connectivity index (χ3n) is 5.49. The number of nitrogens with zero attached hydrogens (tertiary/aromatic N) is 4. The van der Waals surface area contributed by atoms with Gasteiger partial charge in [0.05, 0.1) is 21.1 Å². The minimum Gasteiger partial charge on any atom is -0.352 e. The highest BCUT2D eigenvalue weighted by Crippen LogP contribution is 2.36. The van der Waals surface area contributed by atoms with E-state index in [1.54, 1.807) is 23.0 Å². The third-order valence-corrected chi connectivity index (χ3v) is 6.41. The Hall–Kier alpha value is -2.81. The SMILES string of the molecule is C=CC(=O)N1CCC[C@@H](N(C)c2nc(-c3cnc(C)s3)c3c(c2F)CNC3=O)C1. The fourth-order valence-corrected chi connectivity index (χ4v) is 4.70. The number of anilines is 1. The maximum absolute atomic E-state index is 15.4. The lowest BCUT2D eigenvalue weighted by Gasteiger charge is -2.38. The lowest BCUT2D eigenvalue weighted by atomic mass is 10.0. The molecule has 0 bridgehead atoms. The molecule has 2 aliphatic rings. The van der Waals surface area contributed by atoms with Crippen LogP contribution in [0.2, 0.25) is 0 Å². The molecule has 0 aliphatic carbocycles. The van der Waals surface area contributed by atoms with Crippen molar-refractivity contribution in [2.24, 2.45) is 0 Å². The molecule has 2 amide bonds. The number of aryl methyl sites for hydroxylation is 1. The van der Waals surface area contributed by atoms with E-state index in [-0.39, 0.29) is 35.8 Å². The number of piperidine rings is 1. The number of likely N-dealkylation sites (tertiary alicyclic amines) is 1. The number of carbonyl (C=O) groups excluding carboxylic acids is 2. The van der Waals surface area contributed by atoms with Crippen molar-refractivity contribution in [2.75, 3.05) is 25.0 Å². The van der Waals surface area contributed by atoms with E-state index in [1.165, 1.54) is 17.4 Å². The average molecular weight is 415 g/mol. The van der Waals surface area contributed by atoms with E-state index in [1.807, 2.05) is 6.92 Å². The number of aromatic nitrogens is 2. The second kappa shape index (κ2) is 7.55. The van der Waals surface area contributed by atoms with Crippen LogP contribution in [0.25, 0.3) is 10.6 Å². The standard InChI is InChI=1S/C20H22FN5O2S/c1-4-15(27)26-7-5-6-12(10-26)25(3)19-17(21)13-8-23-20(28)16(13)18(24-19)14-9-22-11(2)29-14/h4,9,12H,1,5-8,10H2,2-3H3,(H,23,28)/t12-/m1/s1. The number of likely N-dealkylation sites (N-methyl/N-ethyl adjacent to an activating group) is 1. The molecule has 29 heavy (non-hydrogen) atoms. The first kappa shape index (κ1) is 19.5. The number of hydrogen-bond donors (Lipinski definition) is 1. The Morgan fingerprint density at radius 1 is 1.52 bits per heavy atom. The maximum atomic E-state index is 15.4. The summed E-state index contributed by atoms with van der Waals surface area (Å²) >= 11 is 1.42. The van der Waals surface area contributed by atoms with E-state index >= 15 is 4.39 Å². The molecule has 0 radical (unpaired) electrons. The van der Waals surface area contributed by atoms with Crippen LogP contribution in [0.4, 0.5) is 10.2 Å². The molecule has 2 aromatic heterocycles. The Kier molecular flexibility index (Phi) is 5.08. The summed E-state index contributed by atoms with van der Waals surface area (Å²) < 4.78 is 15.4. The zero-order chi connectivity index (χ0) is 20.7. The smallest absolute Gasteiger partial charge is 0.254 e. The quantitative estimate of drug-likeness (QED) is 0.777. The molecule has 4 heterocycles. The van der Waals surface area contributed by atoms with Gasteiger partial charge >= 0.3 is 0 Å². The molecular weight excluding hydrogens is 393 g/mol. The lowest BCUT2D eigenvalue weighted by Crippen LogP contribution is -2.48. The molecule has 152 valence electrons. The molecule has 0 spiro atoms. The number of halogens is 1. The molecule has 2 aromatic rings. The van der Waals surface area contributed by atoms with Crippen LogP contribution in [0.1, 0.15) is 33.8 Å². The summed E-state index contributed by atoms with van der Waals surface area (Å²) in [7, 11) is 1.79. The van der Waals surface area contributed by atoms with Gasteiger partial charge in [-0.2, -0.15) is 0 Å². The average Bonchev–Trinajstić information content (AvgIpc) is 3.34. The van der Waals surface area contributed by atoms with Crippen molar-refractivity contribution in [1.82, 2.24) is 20.2 Å². The number of hydrogen-bond acceptors (Lipinski definition) is 6. The first-order valence-electron chi connectivity index (χ1n) is 9.48. The van der Waals surface area contributed by atoms with Gasteiger partial charge in [-0.1, -0.05) is 6.58 Å². The van der Waals surface area contributed by atoms with Gasteiger partial charge in [-0.05, 0) is 25.8 Å². The normalized spacial score (nSPS) is 18.4. The van der Waals surface area contributed by atoms with Crippen molar-refractivity contribution < 1.29 is 14.0 Å². The van der Waals surface area contributed by atoms with Crippen molar-refractivity contribution >= 4 is 29.0 Å². The molecule has 1 atom stereocenters. The molecule has 0 aromatic carbocycles. The van der Waals surface area contributed by atoms with Crippen molar-refractivity contribution in [2.45, 2.75) is 32.4 Å². The summed E-state index contributed by atoms with van der Waals surface area (Å²) in [5.41, 5.74) is 1.08. The van der Waals surface area contributed by atoms with Crippen LogP contribution in [0.3, 0.4) is 0 Å². The summed E-state index contributed by atoms with van der Waals surface area (Å²) in [6.45, 7) is 6.71. The predicted molar refractivity (Wildman–Crippen MR) is 109 cm³/mol. The Morgan fingerprint density at radius 2 is 2.31 bits per heavy atom. The number of amides is 2. The molecular formula is C20H22FN5O2S. The van der Waals surface area contributed by atoms with Crippen LogP contribution in [0.5, 0.6) is 0 Å². The van der Waals surface area contributed by atoms with E-state index in [4.69, 9.17) is 0 Å². The fourth-order valence-electron chi connectivity index (χ4n) is 3.92. The number of thiazole rings is 1. The highest BCUT2D eigenvalue weighted by Gasteiger charge is 2.34. The summed E-state index contributed by atoms with van der Waals surface area (Å²) in [5, 5.41) is 3.55. The number of rotatable bonds is 4. The van der Waals surface area contributed by atoms with E-state index < -0.39 is 5.82 Å². The van der Waals surface area contributed by atoms with E-state index in [2.05, 4.69) is 21.9 Å². The van der Waals surface area contributed by atoms with Gasteiger partial charge in [-0.15, -0.1) is 11.3 Å². The Labute approximate surface area is 172 Å². The van der Waals surface area contributed by atoms with Gasteiger partial charge in [-0.25, -0.2) is 14.4 Å². The van der Waals surface area contributed by atoms with Crippen LogP contribution in [-0.4, -0.2) is 52.9 Å². The predicted octanol–water partition coefficient (Wildman–Crippen LogP) is 2.51. The van der Waals surface area contributed by atoms with Crippen LogP contribution in [-0.2, 0) is 11.3 Å². The Morgan fingerprint density at radius 3 is 3.00 bits per heavy atom. The van der Waals surface area contributed by atoms with Gasteiger partial charge in [-0.3, -0.25) is 9.59 Å². The van der Waals surface area contributed by atoms with Crippen molar-refractivity contribution in [3.63, 3.8) is 0 Å². The van der Waals surface area contributed by atoms with Gasteiger partial charge in [0.15, 0.2) is 11.6 Å². The molecule has 7 nitrogen and oxygen atoms in total. The molecule has 1 N–H and O–H groups in total. The first-order chi connectivity index (χ1) is 13.9. The van der Waals surface area contributed by atoms with Gasteiger partial charge in [0.25, 0.3) is 5.91 Å². The minimum atomic E-state index is -0.488. The highest BCUT2D eigenvalue weighted by atomic mass is 32.1. The van der Waals surface area contributed by atoms with E-state index in [0.717, 1.165) is 22.7 Å². The fraction of sp³-hybridized carbons (Fsp3) is 0.400. The molecule has 4 rings (SSSR count). The number of nitrogens with one attached hydrogen (secondary N) is 1. The highest BCUT2D eigenvalue weighted by molar-refractivity contribution is 7.15. The monoisotopic (exact) mass is 415 g/mol. The third kappa shape index (κ3) is 3.39. The van der Waals surface area contributed by atoms with Crippen LogP contribution in [0, 0.1) is 12.7 Å². The molecule has 2 aliphatic heterocycles. The molecule has 0 saturated carbocycles. The maximum Gasteiger partial charge on any atom is 0.254 e. The topological polar surface area (TPSA) is 78.4 Å². The van der Waals surface area contributed by atoms with Gasteiger partial charge in [0, 0.05) is 44.5 Å². The molecule has 0 unspecified atom stereocenters. The Bertz CT molecular complexity index is 1000. The largest absolute Gasteiger partial charge is 0.352 e. The number of pyridine rings is 1. The first-order valence-corrected chi connectivity index (χ1v) is 10.3. The molecule has 9 heteroatoms. The second-order valence-corrected chi connectivity index (χ2v) is 8.51. The van der Waals surface area contributed by atoms with E-state index in [0.29, 0.717) is 24.3 Å². The number of carbonyl (C=O) groups is 2. The van der Waals surface area contributed by atoms with Crippen LogP contribution >= 0.6 is 11.3 Å². The molecule has 1 saturated heterocycles. The second-order valence-electron chi connectivity index (χ2n) is 7.27. The minimum absolute atomic E-state index is 0.0752. The van der Waals surface area contributed by atoms with Crippen molar-refractivity contribution in [3.05, 3.63) is 40.8 Å². The van der Waals surface area contributed by atoms with Crippen molar-refractivity contribution in [1.29, 1.82) is 0 Å². The van der Waals surface area contributed by atoms with Gasteiger partial charge in [0.1, 0.15) is 0 Å². The summed E-state index contributed by atoms with van der Waals surface area (Å²) in [6.07, 6.45) is 4.61. The summed E-state index contributed by atoms with van der Waals surface area (Å²) in [4.78, 5) is 37.5. The molecule has 1 fully saturated rings. The van der Waals surface area contributed by atoms with Gasteiger partial charge in [0.2, 0.25) is 5.91 Å². The van der Waals surface area contributed by atoms with Crippen LogP contribution in [0.15, 0.2) is 18.9 Å². The van der Waals surface area contributed by atoms with Crippen molar-refractivity contribution in [3.8, 4) is 10.6 Å². The van der Waals surface area contributed by atoms with Gasteiger partial charge < -0.3 is 15.1 Å². The zero-order valence-electron chi connectivity index (χ0n) is 16.4.